The Morgan fingerprint density at radius 3 is 2.74 bits per heavy atom. The molecule has 1 aliphatic rings. The molecule has 1 aromatic heterocycles. The van der Waals surface area contributed by atoms with Gasteiger partial charge in [0.25, 0.3) is 0 Å². The van der Waals surface area contributed by atoms with Crippen molar-refractivity contribution < 1.29 is 9.90 Å². The quantitative estimate of drug-likeness (QED) is 0.909. The number of hydrogen-bond acceptors (Lipinski definition) is 1. The van der Waals surface area contributed by atoms with Gasteiger partial charge < -0.3 is 9.67 Å². The van der Waals surface area contributed by atoms with Crippen molar-refractivity contribution >= 4 is 16.9 Å². The van der Waals surface area contributed by atoms with Crippen molar-refractivity contribution in [3.05, 3.63) is 36.0 Å². The fraction of sp³-hybridized carbons (Fsp3) is 0.438. The zero-order valence-corrected chi connectivity index (χ0v) is 11.0. The summed E-state index contributed by atoms with van der Waals surface area (Å²) in [5, 5.41) is 10.00. The zero-order chi connectivity index (χ0) is 13.2. The average molecular weight is 257 g/mol. The van der Waals surface area contributed by atoms with Gasteiger partial charge in [0.2, 0.25) is 0 Å². The summed E-state index contributed by atoms with van der Waals surface area (Å²) in [5.74, 6) is -0.772. The summed E-state index contributed by atoms with van der Waals surface area (Å²) in [6.45, 7) is 0. The number of carboxylic acid groups (broad SMARTS) is 1. The second-order valence-corrected chi connectivity index (χ2v) is 5.48. The normalized spacial score (nSPS) is 16.8. The first-order valence-corrected chi connectivity index (χ1v) is 7.05. The Bertz CT molecular complexity index is 594. The molecule has 0 spiro atoms. The van der Waals surface area contributed by atoms with Gasteiger partial charge in [0.1, 0.15) is 0 Å². The summed E-state index contributed by atoms with van der Waals surface area (Å²) >= 11 is 0. The molecule has 2 aromatic rings. The number of carbonyl (C=O) groups is 1. The minimum absolute atomic E-state index is 0.102. The second-order valence-electron chi connectivity index (χ2n) is 5.48. The van der Waals surface area contributed by atoms with Crippen LogP contribution >= 0.6 is 0 Å². The Labute approximate surface area is 112 Å². The Kier molecular flexibility index (Phi) is 3.28. The summed E-state index contributed by atoms with van der Waals surface area (Å²) in [4.78, 5) is 10.8. The van der Waals surface area contributed by atoms with Crippen molar-refractivity contribution in [3.63, 3.8) is 0 Å². The standard InChI is InChI=1S/C16H19NO2/c18-16(19)11-12-6-7-15-13(10-12)8-9-17(15)14-4-2-1-3-5-14/h6-10,14H,1-5,11H2,(H,18,19). The molecule has 1 saturated carbocycles. The van der Waals surface area contributed by atoms with Crippen molar-refractivity contribution in [1.29, 1.82) is 0 Å². The minimum Gasteiger partial charge on any atom is -0.481 e. The third kappa shape index (κ3) is 2.50. The molecule has 3 heteroatoms. The highest BCUT2D eigenvalue weighted by molar-refractivity contribution is 5.82. The van der Waals surface area contributed by atoms with Gasteiger partial charge >= 0.3 is 5.97 Å². The van der Waals surface area contributed by atoms with Crippen LogP contribution in [0.25, 0.3) is 10.9 Å². The van der Waals surface area contributed by atoms with Crippen LogP contribution in [0.4, 0.5) is 0 Å². The van der Waals surface area contributed by atoms with Crippen LogP contribution in [0.2, 0.25) is 0 Å². The van der Waals surface area contributed by atoms with Crippen LogP contribution in [0.15, 0.2) is 30.5 Å². The molecule has 0 radical (unpaired) electrons. The van der Waals surface area contributed by atoms with E-state index >= 15 is 0 Å². The lowest BCUT2D eigenvalue weighted by Crippen LogP contribution is -2.11. The molecule has 0 aliphatic heterocycles. The van der Waals surface area contributed by atoms with Gasteiger partial charge in [0.05, 0.1) is 6.42 Å². The largest absolute Gasteiger partial charge is 0.481 e. The lowest BCUT2D eigenvalue weighted by atomic mass is 9.95. The van der Waals surface area contributed by atoms with Crippen LogP contribution < -0.4 is 0 Å². The van der Waals surface area contributed by atoms with Gasteiger partial charge in [0.15, 0.2) is 0 Å². The van der Waals surface area contributed by atoms with E-state index < -0.39 is 5.97 Å². The Morgan fingerprint density at radius 2 is 2.00 bits per heavy atom. The number of aliphatic carboxylic acids is 1. The van der Waals surface area contributed by atoms with E-state index in [0.29, 0.717) is 6.04 Å². The second kappa shape index (κ2) is 5.08. The van der Waals surface area contributed by atoms with Gasteiger partial charge in [-0.3, -0.25) is 4.79 Å². The smallest absolute Gasteiger partial charge is 0.307 e. The molecule has 1 N–H and O–H groups in total. The molecule has 1 fully saturated rings. The number of nitrogens with zero attached hydrogens (tertiary/aromatic N) is 1. The van der Waals surface area contributed by atoms with E-state index in [9.17, 15) is 4.79 Å². The monoisotopic (exact) mass is 257 g/mol. The Morgan fingerprint density at radius 1 is 1.21 bits per heavy atom. The van der Waals surface area contributed by atoms with Gasteiger partial charge in [-0.05, 0) is 42.0 Å². The van der Waals surface area contributed by atoms with E-state index in [2.05, 4.69) is 22.9 Å². The molecule has 0 atom stereocenters. The fourth-order valence-corrected chi connectivity index (χ4v) is 3.18. The van der Waals surface area contributed by atoms with Gasteiger partial charge in [-0.15, -0.1) is 0 Å². The molecule has 19 heavy (non-hydrogen) atoms. The lowest BCUT2D eigenvalue weighted by Gasteiger charge is -2.24. The SMILES string of the molecule is O=C(O)Cc1ccc2c(ccn2C2CCCCC2)c1. The number of aromatic nitrogens is 1. The molecule has 0 saturated heterocycles. The first-order chi connectivity index (χ1) is 9.24. The van der Waals surface area contributed by atoms with E-state index in [1.807, 2.05) is 12.1 Å². The number of hydrogen-bond donors (Lipinski definition) is 1. The molecule has 3 rings (SSSR count). The highest BCUT2D eigenvalue weighted by Gasteiger charge is 2.16. The van der Waals surface area contributed by atoms with Gasteiger partial charge in [-0.25, -0.2) is 0 Å². The summed E-state index contributed by atoms with van der Waals surface area (Å²) in [5.41, 5.74) is 2.11. The molecule has 0 bridgehead atoms. The van der Waals surface area contributed by atoms with Crippen molar-refractivity contribution in [3.8, 4) is 0 Å². The average Bonchev–Trinajstić information content (AvgIpc) is 2.82. The highest BCUT2D eigenvalue weighted by Crippen LogP contribution is 2.31. The topological polar surface area (TPSA) is 42.2 Å². The van der Waals surface area contributed by atoms with Gasteiger partial charge in [-0.2, -0.15) is 0 Å². The van der Waals surface area contributed by atoms with E-state index in [4.69, 9.17) is 5.11 Å². The van der Waals surface area contributed by atoms with Crippen molar-refractivity contribution in [1.82, 2.24) is 4.57 Å². The maximum Gasteiger partial charge on any atom is 0.307 e. The predicted octanol–water partition coefficient (Wildman–Crippen LogP) is 3.77. The minimum atomic E-state index is -0.772. The number of fused-ring (bicyclic) bond motifs is 1. The van der Waals surface area contributed by atoms with Gasteiger partial charge in [0, 0.05) is 17.8 Å². The first kappa shape index (κ1) is 12.3. The number of rotatable bonds is 3. The third-order valence-corrected chi connectivity index (χ3v) is 4.11. The summed E-state index contributed by atoms with van der Waals surface area (Å²) in [6, 6.07) is 8.74. The van der Waals surface area contributed by atoms with E-state index in [1.165, 1.54) is 37.6 Å². The van der Waals surface area contributed by atoms with Crippen molar-refractivity contribution in [2.45, 2.75) is 44.6 Å². The molecule has 0 amide bonds. The summed E-state index contributed by atoms with van der Waals surface area (Å²) in [7, 11) is 0. The number of benzene rings is 1. The first-order valence-electron chi connectivity index (χ1n) is 7.05. The van der Waals surface area contributed by atoms with E-state index in [1.54, 1.807) is 0 Å². The highest BCUT2D eigenvalue weighted by atomic mass is 16.4. The zero-order valence-electron chi connectivity index (χ0n) is 11.0. The van der Waals surface area contributed by atoms with Crippen LogP contribution in [0.1, 0.15) is 43.7 Å². The van der Waals surface area contributed by atoms with Crippen LogP contribution in [0.5, 0.6) is 0 Å². The molecule has 1 aliphatic carbocycles. The molecule has 100 valence electrons. The molecule has 0 unspecified atom stereocenters. The Balaban J connectivity index is 1.92. The van der Waals surface area contributed by atoms with E-state index in [-0.39, 0.29) is 6.42 Å². The third-order valence-electron chi connectivity index (χ3n) is 4.11. The van der Waals surface area contributed by atoms with E-state index in [0.717, 1.165) is 10.9 Å². The number of carboxylic acids is 1. The van der Waals surface area contributed by atoms with Crippen LogP contribution in [-0.2, 0) is 11.2 Å². The van der Waals surface area contributed by atoms with Crippen molar-refractivity contribution in [2.75, 3.05) is 0 Å². The maximum absolute atomic E-state index is 10.8. The molecular weight excluding hydrogens is 238 g/mol. The lowest BCUT2D eigenvalue weighted by molar-refractivity contribution is -0.136. The van der Waals surface area contributed by atoms with Gasteiger partial charge in [-0.1, -0.05) is 25.3 Å². The predicted molar refractivity (Wildman–Crippen MR) is 75.4 cm³/mol. The Hall–Kier alpha value is -1.77. The van der Waals surface area contributed by atoms with Crippen LogP contribution in [-0.4, -0.2) is 15.6 Å². The molecular formula is C16H19NO2. The molecule has 1 heterocycles. The maximum atomic E-state index is 10.8. The molecule has 1 aromatic carbocycles. The van der Waals surface area contributed by atoms with Crippen molar-refractivity contribution in [2.24, 2.45) is 0 Å². The van der Waals surface area contributed by atoms with Crippen LogP contribution in [0.3, 0.4) is 0 Å². The summed E-state index contributed by atoms with van der Waals surface area (Å²) in [6.07, 6.45) is 8.79. The fourth-order valence-electron chi connectivity index (χ4n) is 3.18. The van der Waals surface area contributed by atoms with Crippen LogP contribution in [0, 0.1) is 0 Å². The molecule has 3 nitrogen and oxygen atoms in total. The summed E-state index contributed by atoms with van der Waals surface area (Å²) < 4.78 is 2.37.